The van der Waals surface area contributed by atoms with Gasteiger partial charge in [0.05, 0.1) is 24.8 Å². The Morgan fingerprint density at radius 2 is 1.56 bits per heavy atom. The number of rotatable bonds is 9. The number of ether oxygens (including phenoxy) is 4. The van der Waals surface area contributed by atoms with Crippen LogP contribution in [0.1, 0.15) is 6.92 Å². The molecule has 1 aliphatic carbocycles. The first-order valence-corrected chi connectivity index (χ1v) is 12.4. The lowest BCUT2D eigenvalue weighted by atomic mass is 9.81. The summed E-state index contributed by atoms with van der Waals surface area (Å²) in [6.07, 6.45) is -17.3. The lowest BCUT2D eigenvalue weighted by molar-refractivity contribution is -0.314. The van der Waals surface area contributed by atoms with Crippen LogP contribution < -0.4 is 27.8 Å². The molecule has 15 atom stereocenters. The fraction of sp³-hybridized carbons (Fsp3) is 0.857. The number of aldehydes is 1. The van der Waals surface area contributed by atoms with Gasteiger partial charge in [-0.1, -0.05) is 0 Å². The summed E-state index contributed by atoms with van der Waals surface area (Å²) in [7, 11) is 1.42. The van der Waals surface area contributed by atoms with Gasteiger partial charge in [-0.05, 0) is 14.0 Å². The van der Waals surface area contributed by atoms with E-state index in [1.54, 1.807) is 0 Å². The summed E-state index contributed by atoms with van der Waals surface area (Å²) in [6.45, 7) is 0.616. The lowest BCUT2D eigenvalue weighted by Gasteiger charge is -2.46. The van der Waals surface area contributed by atoms with Gasteiger partial charge < -0.3 is 82.5 Å². The van der Waals surface area contributed by atoms with Crippen LogP contribution in [0.5, 0.6) is 0 Å². The van der Waals surface area contributed by atoms with Gasteiger partial charge in [0.2, 0.25) is 0 Å². The monoisotopic (exact) mass is 689 g/mol. The largest absolute Gasteiger partial charge is 0.394 e. The summed E-state index contributed by atoms with van der Waals surface area (Å²) in [5, 5.41) is 86.6. The number of nitrogens with two attached hydrogens (primary N) is 3. The van der Waals surface area contributed by atoms with Crippen LogP contribution >= 0.6 is 37.2 Å². The van der Waals surface area contributed by atoms with Crippen LogP contribution in [0.25, 0.3) is 0 Å². The first kappa shape index (κ1) is 41.6. The number of guanidine groups is 2. The van der Waals surface area contributed by atoms with Crippen molar-refractivity contribution in [2.24, 2.45) is 22.2 Å². The summed E-state index contributed by atoms with van der Waals surface area (Å²) in [6, 6.07) is -4.02. The van der Waals surface area contributed by atoms with Crippen molar-refractivity contribution in [3.63, 3.8) is 0 Å². The second kappa shape index (κ2) is 16.8. The number of aliphatic imine (C=N–C) groups is 1. The zero-order valence-electron chi connectivity index (χ0n) is 22.9. The first-order valence-electron chi connectivity index (χ1n) is 12.4. The average Bonchev–Trinajstić information content (AvgIpc) is 3.13. The molecule has 254 valence electrons. The van der Waals surface area contributed by atoms with Crippen LogP contribution in [-0.4, -0.2) is 159 Å². The normalized spacial score (nSPS) is 44.1. The molecule has 0 spiro atoms. The Bertz CT molecular complexity index is 946. The van der Waals surface area contributed by atoms with Crippen molar-refractivity contribution in [3.8, 4) is 0 Å². The highest BCUT2D eigenvalue weighted by Crippen LogP contribution is 2.38. The van der Waals surface area contributed by atoms with Gasteiger partial charge in [-0.2, -0.15) is 0 Å². The Balaban J connectivity index is 0.00000588. The third-order valence-electron chi connectivity index (χ3n) is 7.40. The van der Waals surface area contributed by atoms with E-state index in [4.69, 9.17) is 41.6 Å². The molecule has 3 aliphatic rings. The Kier molecular flexibility index (Phi) is 16.2. The molecule has 0 bridgehead atoms. The molecule has 3 rings (SSSR count). The molecule has 0 aromatic heterocycles. The lowest BCUT2D eigenvalue weighted by Crippen LogP contribution is -2.70. The van der Waals surface area contributed by atoms with Crippen LogP contribution in [0.15, 0.2) is 4.99 Å². The van der Waals surface area contributed by atoms with Gasteiger partial charge in [-0.15, -0.1) is 37.2 Å². The van der Waals surface area contributed by atoms with E-state index in [9.17, 15) is 40.5 Å². The molecule has 2 heterocycles. The molecule has 0 aromatic rings. The molecule has 1 saturated carbocycles. The van der Waals surface area contributed by atoms with Crippen molar-refractivity contribution in [2.75, 3.05) is 13.7 Å². The van der Waals surface area contributed by atoms with Gasteiger partial charge in [-0.25, -0.2) is 4.99 Å². The van der Waals surface area contributed by atoms with E-state index in [1.165, 1.54) is 14.0 Å². The number of aliphatic hydroxyl groups excluding tert-OH is 6. The molecule has 0 amide bonds. The van der Waals surface area contributed by atoms with Crippen LogP contribution in [0, 0.1) is 5.41 Å². The van der Waals surface area contributed by atoms with Crippen LogP contribution in [0.4, 0.5) is 0 Å². The fourth-order valence-corrected chi connectivity index (χ4v) is 5.13. The minimum Gasteiger partial charge on any atom is -0.394 e. The van der Waals surface area contributed by atoms with Crippen LogP contribution in [-0.2, 0) is 23.7 Å². The standard InChI is InChI=1S/C21H39N7O12.3ClH/c1-5-21(36,4-30)16(40-17-9(26-2)13(34)10(31)6(3-29)38-17)18(37-5)39-15-8(28-20(24)25)11(32)7(27-19(22)23)12(33)14(15)35;;;/h4-18,26,29,31-36H,3H2,1-2H3,(H4,22,23,27)(H4,24,25,28);3*1H/t5-,6-,7+,8-,9-,10-,11+,12-,13-,14+,15+,16-,17-,18-,21+;;;/m0.../s1. The second-order valence-electron chi connectivity index (χ2n) is 9.93. The number of likely N-dealkylation sites (N-methyl/N-ethyl adjacent to an activating group) is 1. The van der Waals surface area contributed by atoms with Crippen molar-refractivity contribution >= 4 is 55.4 Å². The molecular formula is C21H42Cl3N7O12. The quantitative estimate of drug-likeness (QED) is 0.0607. The predicted octanol–water partition coefficient (Wildman–Crippen LogP) is -6.69. The van der Waals surface area contributed by atoms with Crippen LogP contribution in [0.2, 0.25) is 0 Å². The smallest absolute Gasteiger partial charge is 0.188 e. The minimum atomic E-state index is -2.39. The van der Waals surface area contributed by atoms with Crippen molar-refractivity contribution < 1.29 is 59.5 Å². The molecule has 2 saturated heterocycles. The van der Waals surface area contributed by atoms with Crippen molar-refractivity contribution in [2.45, 2.75) is 98.2 Å². The third kappa shape index (κ3) is 8.26. The molecule has 43 heavy (non-hydrogen) atoms. The summed E-state index contributed by atoms with van der Waals surface area (Å²) >= 11 is 0. The Hall–Kier alpha value is -1.40. The number of nitrogens with zero attached hydrogens (tertiary/aromatic N) is 1. The Morgan fingerprint density at radius 3 is 2.05 bits per heavy atom. The maximum absolute atomic E-state index is 12.1. The maximum Gasteiger partial charge on any atom is 0.188 e. The number of hydrogen-bond donors (Lipinski definition) is 13. The molecular weight excluding hydrogens is 649 g/mol. The van der Waals surface area contributed by atoms with Gasteiger partial charge in [0.25, 0.3) is 0 Å². The molecule has 19 nitrogen and oxygen atoms in total. The molecule has 22 heteroatoms. The zero-order valence-corrected chi connectivity index (χ0v) is 25.4. The number of nitrogens with one attached hydrogen (secondary N) is 3. The van der Waals surface area contributed by atoms with Gasteiger partial charge in [0.1, 0.15) is 54.9 Å². The molecule has 16 N–H and O–H groups in total. The highest BCUT2D eigenvalue weighted by atomic mass is 35.5. The first-order chi connectivity index (χ1) is 18.7. The SMILES string of the molecule is CN[C@@H]1[C@H](O[C@H]2[C@H](O[C@H]3[C@H](O)[C@@H](O)[C@H](N=C(N)N)[C@@H](O)[C@@H]3NC(=N)N)O[C@@H](C)[C@]2(O)C=O)O[C@@H](CO)[C@H](O)[C@H]1O.Cl.Cl.Cl. The molecule has 2 aliphatic heterocycles. The highest BCUT2D eigenvalue weighted by molar-refractivity contribution is 5.86. The topological polar surface area (TPSA) is 334 Å². The Labute approximate surface area is 264 Å². The number of aliphatic hydroxyl groups is 7. The van der Waals surface area contributed by atoms with E-state index in [2.05, 4.69) is 15.6 Å². The average molecular weight is 691 g/mol. The minimum absolute atomic E-state index is 0. The maximum atomic E-state index is 12.1. The molecule has 0 radical (unpaired) electrons. The van der Waals surface area contributed by atoms with E-state index in [1.807, 2.05) is 0 Å². The van der Waals surface area contributed by atoms with Gasteiger partial charge in [-0.3, -0.25) is 10.2 Å². The fourth-order valence-electron chi connectivity index (χ4n) is 5.13. The van der Waals surface area contributed by atoms with Crippen molar-refractivity contribution in [3.05, 3.63) is 0 Å². The van der Waals surface area contributed by atoms with E-state index >= 15 is 0 Å². The summed E-state index contributed by atoms with van der Waals surface area (Å²) in [5.74, 6) is -1.16. The second-order valence-corrected chi connectivity index (χ2v) is 9.93. The number of carbonyl (C=O) groups is 1. The van der Waals surface area contributed by atoms with Gasteiger partial charge in [0.15, 0.2) is 36.4 Å². The van der Waals surface area contributed by atoms with Crippen molar-refractivity contribution in [1.29, 1.82) is 5.41 Å². The number of halogens is 3. The number of carbonyl (C=O) groups excluding carboxylic acids is 1. The highest BCUT2D eigenvalue weighted by Gasteiger charge is 2.60. The van der Waals surface area contributed by atoms with E-state index < -0.39 is 110 Å². The molecule has 0 unspecified atom stereocenters. The predicted molar refractivity (Wildman–Crippen MR) is 154 cm³/mol. The summed E-state index contributed by atoms with van der Waals surface area (Å²) < 4.78 is 22.9. The van der Waals surface area contributed by atoms with E-state index in [0.29, 0.717) is 0 Å². The summed E-state index contributed by atoms with van der Waals surface area (Å²) in [5.41, 5.74) is 13.8. The van der Waals surface area contributed by atoms with E-state index in [0.717, 1.165) is 0 Å². The summed E-state index contributed by atoms with van der Waals surface area (Å²) in [4.78, 5) is 15.8. The van der Waals surface area contributed by atoms with Gasteiger partial charge in [0, 0.05) is 0 Å². The van der Waals surface area contributed by atoms with Crippen molar-refractivity contribution in [1.82, 2.24) is 10.6 Å². The molecule has 3 fully saturated rings. The van der Waals surface area contributed by atoms with Gasteiger partial charge >= 0.3 is 0 Å². The van der Waals surface area contributed by atoms with E-state index in [-0.39, 0.29) is 43.5 Å². The number of hydrogen-bond acceptors (Lipinski definition) is 15. The zero-order chi connectivity index (χ0) is 30.1. The third-order valence-corrected chi connectivity index (χ3v) is 7.40. The van der Waals surface area contributed by atoms with Crippen LogP contribution in [0.3, 0.4) is 0 Å². The Morgan fingerprint density at radius 1 is 0.953 bits per heavy atom. The molecule has 0 aromatic carbocycles.